The molecule has 2 rings (SSSR count). The normalized spacial score (nSPS) is 9.84. The summed E-state index contributed by atoms with van der Waals surface area (Å²) in [6, 6.07) is 8.76. The first-order chi connectivity index (χ1) is 9.28. The fourth-order valence-electron chi connectivity index (χ4n) is 1.36. The number of thioether (sulfide) groups is 1. The molecule has 0 aliphatic heterocycles. The third-order valence-electron chi connectivity index (χ3n) is 2.26. The van der Waals surface area contributed by atoms with E-state index < -0.39 is 0 Å². The zero-order valence-corrected chi connectivity index (χ0v) is 10.8. The number of carbonyl (C=O) groups is 1. The van der Waals surface area contributed by atoms with Gasteiger partial charge in [0.05, 0.1) is 17.8 Å². The zero-order valence-electron chi connectivity index (χ0n) is 10.00. The molecule has 1 aromatic carbocycles. The Hall–Kier alpha value is -2.26. The maximum absolute atomic E-state index is 11.7. The standard InChI is InChI=1S/C13H11N3O2S/c14-9-10-1-3-11(4-2-10)16-12(17)5-8-19-13-15-6-7-18-13/h1-4,6-7H,5,8H2,(H,16,17). The van der Waals surface area contributed by atoms with Crippen molar-refractivity contribution in [1.29, 1.82) is 5.26 Å². The number of aromatic nitrogens is 1. The maximum atomic E-state index is 11.7. The number of hydrogen-bond donors (Lipinski definition) is 1. The molecule has 0 fully saturated rings. The number of rotatable bonds is 5. The van der Waals surface area contributed by atoms with Crippen LogP contribution in [-0.2, 0) is 4.79 Å². The van der Waals surface area contributed by atoms with Crippen LogP contribution in [-0.4, -0.2) is 16.6 Å². The molecule has 1 amide bonds. The Balaban J connectivity index is 1.76. The van der Waals surface area contributed by atoms with Gasteiger partial charge in [-0.25, -0.2) is 4.98 Å². The molecule has 0 saturated heterocycles. The second kappa shape index (κ2) is 6.61. The summed E-state index contributed by atoms with van der Waals surface area (Å²) in [5.74, 6) is 0.520. The van der Waals surface area contributed by atoms with Crippen molar-refractivity contribution in [1.82, 2.24) is 4.98 Å². The molecule has 0 aliphatic rings. The van der Waals surface area contributed by atoms with Crippen molar-refractivity contribution in [3.8, 4) is 6.07 Å². The summed E-state index contributed by atoms with van der Waals surface area (Å²) in [6.45, 7) is 0. The molecule has 5 nitrogen and oxygen atoms in total. The van der Waals surface area contributed by atoms with Gasteiger partial charge in [-0.05, 0) is 24.3 Å². The lowest BCUT2D eigenvalue weighted by Crippen LogP contribution is -2.12. The van der Waals surface area contributed by atoms with Crippen LogP contribution in [0.3, 0.4) is 0 Å². The molecular weight excluding hydrogens is 262 g/mol. The summed E-state index contributed by atoms with van der Waals surface area (Å²) in [7, 11) is 0. The van der Waals surface area contributed by atoms with Crippen LogP contribution in [0.1, 0.15) is 12.0 Å². The van der Waals surface area contributed by atoms with E-state index in [0.717, 1.165) is 0 Å². The molecule has 6 heteroatoms. The molecule has 2 aromatic rings. The number of anilines is 1. The average molecular weight is 273 g/mol. The maximum Gasteiger partial charge on any atom is 0.255 e. The first-order valence-corrected chi connectivity index (χ1v) is 6.59. The van der Waals surface area contributed by atoms with Gasteiger partial charge in [0.25, 0.3) is 5.22 Å². The molecule has 0 spiro atoms. The van der Waals surface area contributed by atoms with Gasteiger partial charge < -0.3 is 9.73 Å². The van der Waals surface area contributed by atoms with Crippen molar-refractivity contribution < 1.29 is 9.21 Å². The van der Waals surface area contributed by atoms with E-state index in [1.54, 1.807) is 30.5 Å². The van der Waals surface area contributed by atoms with Crippen LogP contribution in [0, 0.1) is 11.3 Å². The number of benzene rings is 1. The van der Waals surface area contributed by atoms with Crippen molar-refractivity contribution in [3.05, 3.63) is 42.3 Å². The van der Waals surface area contributed by atoms with E-state index in [1.807, 2.05) is 6.07 Å². The molecule has 0 saturated carbocycles. The Morgan fingerprint density at radius 1 is 1.42 bits per heavy atom. The average Bonchev–Trinajstić information content (AvgIpc) is 2.93. The number of nitriles is 1. The first kappa shape index (κ1) is 13.2. The van der Waals surface area contributed by atoms with Crippen LogP contribution < -0.4 is 5.32 Å². The highest BCUT2D eigenvalue weighted by Gasteiger charge is 2.04. The number of oxazole rings is 1. The van der Waals surface area contributed by atoms with E-state index in [4.69, 9.17) is 9.68 Å². The van der Waals surface area contributed by atoms with E-state index in [1.165, 1.54) is 18.0 Å². The lowest BCUT2D eigenvalue weighted by atomic mass is 10.2. The number of nitrogens with zero attached hydrogens (tertiary/aromatic N) is 2. The minimum absolute atomic E-state index is 0.0798. The Bertz CT molecular complexity index is 573. The monoisotopic (exact) mass is 273 g/mol. The predicted molar refractivity (Wildman–Crippen MR) is 71.6 cm³/mol. The second-order valence-electron chi connectivity index (χ2n) is 3.63. The first-order valence-electron chi connectivity index (χ1n) is 5.60. The van der Waals surface area contributed by atoms with E-state index in [-0.39, 0.29) is 5.91 Å². The number of hydrogen-bond acceptors (Lipinski definition) is 5. The number of amides is 1. The lowest BCUT2D eigenvalue weighted by molar-refractivity contribution is -0.115. The summed E-state index contributed by atoms with van der Waals surface area (Å²) in [6.07, 6.45) is 3.44. The minimum atomic E-state index is -0.0798. The highest BCUT2D eigenvalue weighted by atomic mass is 32.2. The molecule has 0 unspecified atom stereocenters. The molecule has 0 atom stereocenters. The van der Waals surface area contributed by atoms with Crippen molar-refractivity contribution in [2.75, 3.05) is 11.1 Å². The lowest BCUT2D eigenvalue weighted by Gasteiger charge is -2.04. The van der Waals surface area contributed by atoms with Gasteiger partial charge in [0, 0.05) is 17.9 Å². The molecule has 0 aliphatic carbocycles. The number of carbonyl (C=O) groups excluding carboxylic acids is 1. The Kier molecular flexibility index (Phi) is 4.59. The van der Waals surface area contributed by atoms with Crippen LogP contribution in [0.15, 0.2) is 46.4 Å². The fraction of sp³-hybridized carbons (Fsp3) is 0.154. The smallest absolute Gasteiger partial charge is 0.255 e. The molecular formula is C13H11N3O2S. The summed E-state index contributed by atoms with van der Waals surface area (Å²) in [5, 5.41) is 12.0. The largest absolute Gasteiger partial charge is 0.440 e. The molecule has 1 heterocycles. The van der Waals surface area contributed by atoms with Gasteiger partial charge in [0.1, 0.15) is 6.26 Å². The summed E-state index contributed by atoms with van der Waals surface area (Å²) < 4.78 is 5.05. The van der Waals surface area contributed by atoms with Crippen molar-refractivity contribution in [2.45, 2.75) is 11.6 Å². The van der Waals surface area contributed by atoms with Gasteiger partial charge in [-0.3, -0.25) is 4.79 Å². The van der Waals surface area contributed by atoms with Crippen LogP contribution in [0.4, 0.5) is 5.69 Å². The van der Waals surface area contributed by atoms with Crippen LogP contribution in [0.5, 0.6) is 0 Å². The van der Waals surface area contributed by atoms with Gasteiger partial charge in [-0.15, -0.1) is 0 Å². The van der Waals surface area contributed by atoms with Gasteiger partial charge in [-0.1, -0.05) is 11.8 Å². The van der Waals surface area contributed by atoms with Gasteiger partial charge in [0.2, 0.25) is 5.91 Å². The molecule has 1 N–H and O–H groups in total. The van der Waals surface area contributed by atoms with Crippen molar-refractivity contribution >= 4 is 23.4 Å². The van der Waals surface area contributed by atoms with Crippen LogP contribution in [0.2, 0.25) is 0 Å². The second-order valence-corrected chi connectivity index (χ2v) is 4.68. The Morgan fingerprint density at radius 3 is 2.84 bits per heavy atom. The van der Waals surface area contributed by atoms with Crippen molar-refractivity contribution in [2.24, 2.45) is 0 Å². The molecule has 19 heavy (non-hydrogen) atoms. The van der Waals surface area contributed by atoms with Gasteiger partial charge in [-0.2, -0.15) is 5.26 Å². The topological polar surface area (TPSA) is 78.9 Å². The third kappa shape index (κ3) is 4.16. The molecule has 0 bridgehead atoms. The fourth-order valence-corrected chi connectivity index (χ4v) is 2.09. The van der Waals surface area contributed by atoms with E-state index >= 15 is 0 Å². The summed E-state index contributed by atoms with van der Waals surface area (Å²) in [4.78, 5) is 15.6. The van der Waals surface area contributed by atoms with Gasteiger partial charge >= 0.3 is 0 Å². The zero-order chi connectivity index (χ0) is 13.5. The van der Waals surface area contributed by atoms with E-state index in [2.05, 4.69) is 10.3 Å². The third-order valence-corrected chi connectivity index (χ3v) is 3.12. The van der Waals surface area contributed by atoms with Crippen LogP contribution >= 0.6 is 11.8 Å². The summed E-state index contributed by atoms with van der Waals surface area (Å²) in [5.41, 5.74) is 1.25. The predicted octanol–water partition coefficient (Wildman–Crippen LogP) is 2.67. The van der Waals surface area contributed by atoms with Crippen LogP contribution in [0.25, 0.3) is 0 Å². The highest BCUT2D eigenvalue weighted by molar-refractivity contribution is 7.99. The Labute approximate surface area is 114 Å². The number of nitrogens with one attached hydrogen (secondary N) is 1. The minimum Gasteiger partial charge on any atom is -0.440 e. The summed E-state index contributed by atoms with van der Waals surface area (Å²) >= 11 is 1.39. The van der Waals surface area contributed by atoms with Gasteiger partial charge in [0.15, 0.2) is 0 Å². The molecule has 0 radical (unpaired) electrons. The molecule has 1 aromatic heterocycles. The van der Waals surface area contributed by atoms with E-state index in [9.17, 15) is 4.79 Å². The van der Waals surface area contributed by atoms with Crippen molar-refractivity contribution in [3.63, 3.8) is 0 Å². The SMILES string of the molecule is N#Cc1ccc(NC(=O)CCSc2ncco2)cc1. The quantitative estimate of drug-likeness (QED) is 0.847. The Morgan fingerprint density at radius 2 is 2.21 bits per heavy atom. The van der Waals surface area contributed by atoms with E-state index in [0.29, 0.717) is 28.6 Å². The highest BCUT2D eigenvalue weighted by Crippen LogP contribution is 2.16. The molecule has 96 valence electrons.